The van der Waals surface area contributed by atoms with Gasteiger partial charge < -0.3 is 0 Å². The Morgan fingerprint density at radius 3 is 1.79 bits per heavy atom. The van der Waals surface area contributed by atoms with Crippen LogP contribution in [0, 0.1) is 0 Å². The molecule has 0 aliphatic heterocycles. The molecule has 0 aromatic heterocycles. The fraction of sp³-hybridized carbons (Fsp3) is 0.667. The topological polar surface area (TPSA) is 34.1 Å². The van der Waals surface area contributed by atoms with Crippen molar-refractivity contribution in [3.63, 3.8) is 0 Å². The van der Waals surface area contributed by atoms with Crippen LogP contribution < -0.4 is 0 Å². The highest BCUT2D eigenvalue weighted by Gasteiger charge is 2.25. The van der Waals surface area contributed by atoms with Gasteiger partial charge >= 0.3 is 0 Å². The van der Waals surface area contributed by atoms with E-state index in [4.69, 9.17) is 0 Å². The van der Waals surface area contributed by atoms with Crippen LogP contribution in [0.15, 0.2) is 11.1 Å². The summed E-state index contributed by atoms with van der Waals surface area (Å²) in [7, 11) is 0. The summed E-state index contributed by atoms with van der Waals surface area (Å²) in [6, 6.07) is 0. The summed E-state index contributed by atoms with van der Waals surface area (Å²) in [5.41, 5.74) is 1.75. The van der Waals surface area contributed by atoms with Crippen molar-refractivity contribution in [3.05, 3.63) is 11.1 Å². The number of rotatable bonds is 0. The number of carbonyl (C=O) groups excluding carboxylic acids is 2. The molecule has 0 N–H and O–H groups in total. The Morgan fingerprint density at radius 1 is 0.571 bits per heavy atom. The van der Waals surface area contributed by atoms with Crippen molar-refractivity contribution in [2.45, 2.75) is 51.4 Å². The SMILES string of the molecule is O=C1CCCC2=C1CCCCCC2=O. The Kier molecular flexibility index (Phi) is 2.80. The molecule has 0 bridgehead atoms. The van der Waals surface area contributed by atoms with Crippen molar-refractivity contribution in [1.29, 1.82) is 0 Å². The maximum absolute atomic E-state index is 11.7. The molecule has 0 fully saturated rings. The third-order valence-corrected chi connectivity index (χ3v) is 3.20. The van der Waals surface area contributed by atoms with Gasteiger partial charge in [0.05, 0.1) is 0 Å². The maximum Gasteiger partial charge on any atom is 0.159 e. The molecular formula is C12H16O2. The molecule has 0 amide bonds. The van der Waals surface area contributed by atoms with Crippen LogP contribution in [0.2, 0.25) is 0 Å². The monoisotopic (exact) mass is 192 g/mol. The smallest absolute Gasteiger partial charge is 0.159 e. The molecule has 0 heterocycles. The molecule has 0 aromatic carbocycles. The van der Waals surface area contributed by atoms with Gasteiger partial charge in [-0.1, -0.05) is 6.42 Å². The standard InChI is InChI=1S/C12H16O2/c13-11-7-3-1-2-5-9-10(11)6-4-8-12(9)14/h1-8H2. The summed E-state index contributed by atoms with van der Waals surface area (Å²) >= 11 is 0. The number of carbonyl (C=O) groups is 2. The number of ketones is 2. The van der Waals surface area contributed by atoms with Crippen molar-refractivity contribution in [2.75, 3.05) is 0 Å². The molecule has 0 saturated heterocycles. The largest absolute Gasteiger partial charge is 0.295 e. The molecule has 0 radical (unpaired) electrons. The minimum atomic E-state index is 0.238. The fourth-order valence-electron chi connectivity index (χ4n) is 2.41. The number of allylic oxidation sites excluding steroid dienone is 2. The molecule has 76 valence electrons. The highest BCUT2D eigenvalue weighted by atomic mass is 16.1. The number of Topliss-reactive ketones (excluding diaryl/α,β-unsaturated/α-hetero) is 2. The van der Waals surface area contributed by atoms with Crippen LogP contribution in [0.5, 0.6) is 0 Å². The van der Waals surface area contributed by atoms with E-state index in [1.54, 1.807) is 0 Å². The predicted octanol–water partition coefficient (Wildman–Crippen LogP) is 2.57. The van der Waals surface area contributed by atoms with Crippen LogP contribution in [-0.4, -0.2) is 11.6 Å². The minimum Gasteiger partial charge on any atom is -0.295 e. The van der Waals surface area contributed by atoms with Gasteiger partial charge in [-0.2, -0.15) is 0 Å². The molecule has 0 unspecified atom stereocenters. The highest BCUT2D eigenvalue weighted by Crippen LogP contribution is 2.29. The molecule has 0 aromatic rings. The number of hydrogen-bond donors (Lipinski definition) is 0. The quantitative estimate of drug-likeness (QED) is 0.591. The molecule has 2 nitrogen and oxygen atoms in total. The van der Waals surface area contributed by atoms with E-state index < -0.39 is 0 Å². The molecule has 2 heteroatoms. The van der Waals surface area contributed by atoms with Crippen molar-refractivity contribution in [1.82, 2.24) is 0 Å². The van der Waals surface area contributed by atoms with Crippen LogP contribution in [0.25, 0.3) is 0 Å². The van der Waals surface area contributed by atoms with E-state index in [0.29, 0.717) is 12.8 Å². The van der Waals surface area contributed by atoms with E-state index in [0.717, 1.165) is 49.7 Å². The summed E-state index contributed by atoms with van der Waals surface area (Å²) in [4.78, 5) is 23.4. The fourth-order valence-corrected chi connectivity index (χ4v) is 2.41. The van der Waals surface area contributed by atoms with Crippen LogP contribution >= 0.6 is 0 Å². The van der Waals surface area contributed by atoms with Gasteiger partial charge in [0.25, 0.3) is 0 Å². The van der Waals surface area contributed by atoms with Crippen LogP contribution in [0.4, 0.5) is 0 Å². The summed E-state index contributed by atoms with van der Waals surface area (Å²) in [6.45, 7) is 0. The van der Waals surface area contributed by atoms with Gasteiger partial charge in [0.1, 0.15) is 0 Å². The first kappa shape index (κ1) is 9.63. The lowest BCUT2D eigenvalue weighted by Crippen LogP contribution is -2.18. The first-order valence-corrected chi connectivity index (χ1v) is 5.57. The zero-order valence-electron chi connectivity index (χ0n) is 8.47. The van der Waals surface area contributed by atoms with Gasteiger partial charge in [-0.15, -0.1) is 0 Å². The van der Waals surface area contributed by atoms with Crippen molar-refractivity contribution < 1.29 is 9.59 Å². The first-order valence-electron chi connectivity index (χ1n) is 5.57. The maximum atomic E-state index is 11.7. The minimum absolute atomic E-state index is 0.238. The summed E-state index contributed by atoms with van der Waals surface area (Å²) in [5.74, 6) is 0.481. The van der Waals surface area contributed by atoms with E-state index in [2.05, 4.69) is 0 Å². The van der Waals surface area contributed by atoms with Crippen molar-refractivity contribution in [2.24, 2.45) is 0 Å². The highest BCUT2D eigenvalue weighted by molar-refractivity contribution is 6.07. The van der Waals surface area contributed by atoms with Crippen LogP contribution in [0.3, 0.4) is 0 Å². The molecule has 0 atom stereocenters. The average molecular weight is 192 g/mol. The lowest BCUT2D eigenvalue weighted by molar-refractivity contribution is -0.119. The molecule has 0 spiro atoms. The Balaban J connectivity index is 2.32. The van der Waals surface area contributed by atoms with Crippen LogP contribution in [0.1, 0.15) is 51.4 Å². The Morgan fingerprint density at radius 2 is 1.07 bits per heavy atom. The summed E-state index contributed by atoms with van der Waals surface area (Å²) in [5, 5.41) is 0. The average Bonchev–Trinajstić information content (AvgIpc) is 2.16. The number of hydrogen-bond acceptors (Lipinski definition) is 2. The predicted molar refractivity (Wildman–Crippen MR) is 54.0 cm³/mol. The van der Waals surface area contributed by atoms with E-state index in [1.165, 1.54) is 0 Å². The van der Waals surface area contributed by atoms with Gasteiger partial charge in [-0.3, -0.25) is 9.59 Å². The zero-order chi connectivity index (χ0) is 9.97. The summed E-state index contributed by atoms with van der Waals surface area (Å²) in [6.07, 6.45) is 7.07. The molecule has 0 saturated carbocycles. The lowest BCUT2D eigenvalue weighted by Gasteiger charge is -2.20. The Bertz CT molecular complexity index is 299. The molecule has 14 heavy (non-hydrogen) atoms. The van der Waals surface area contributed by atoms with E-state index in [9.17, 15) is 9.59 Å². The Labute approximate surface area is 84.4 Å². The van der Waals surface area contributed by atoms with E-state index in [-0.39, 0.29) is 11.6 Å². The van der Waals surface area contributed by atoms with Gasteiger partial charge in [0.2, 0.25) is 0 Å². The van der Waals surface area contributed by atoms with Crippen molar-refractivity contribution in [3.8, 4) is 0 Å². The second kappa shape index (κ2) is 4.07. The second-order valence-electron chi connectivity index (χ2n) is 4.22. The second-order valence-corrected chi connectivity index (χ2v) is 4.22. The van der Waals surface area contributed by atoms with E-state index >= 15 is 0 Å². The molecule has 2 aliphatic rings. The van der Waals surface area contributed by atoms with Gasteiger partial charge in [0, 0.05) is 24.0 Å². The van der Waals surface area contributed by atoms with Gasteiger partial charge in [-0.05, 0) is 32.1 Å². The zero-order valence-corrected chi connectivity index (χ0v) is 8.47. The van der Waals surface area contributed by atoms with Gasteiger partial charge in [0.15, 0.2) is 11.6 Å². The summed E-state index contributed by atoms with van der Waals surface area (Å²) < 4.78 is 0. The third kappa shape index (κ3) is 1.79. The molecule has 2 aliphatic carbocycles. The normalized spacial score (nSPS) is 24.3. The van der Waals surface area contributed by atoms with Gasteiger partial charge in [-0.25, -0.2) is 0 Å². The molecule has 2 rings (SSSR count). The van der Waals surface area contributed by atoms with E-state index in [1.807, 2.05) is 0 Å². The first-order chi connectivity index (χ1) is 6.79. The van der Waals surface area contributed by atoms with Crippen LogP contribution in [-0.2, 0) is 9.59 Å². The lowest BCUT2D eigenvalue weighted by atomic mass is 9.83. The Hall–Kier alpha value is -0.920. The molecular weight excluding hydrogens is 176 g/mol. The van der Waals surface area contributed by atoms with Crippen molar-refractivity contribution >= 4 is 11.6 Å². The third-order valence-electron chi connectivity index (χ3n) is 3.20.